The number of halogens is 1. The van der Waals surface area contributed by atoms with Crippen LogP contribution < -0.4 is 15.4 Å². The van der Waals surface area contributed by atoms with Crippen molar-refractivity contribution in [2.75, 3.05) is 19.6 Å². The summed E-state index contributed by atoms with van der Waals surface area (Å²) in [4.78, 5) is 12.0. The summed E-state index contributed by atoms with van der Waals surface area (Å²) in [5.41, 5.74) is 0. The average Bonchev–Trinajstić information content (AvgIpc) is 2.48. The first-order valence-electron chi connectivity index (χ1n) is 7.06. The molecular weight excluding hydrogens is 276 g/mol. The standard InChI is InChI=1S/C15H21ClN2O2/c1-11(20-14-7-3-2-6-13(14)16)9-18-15(19)12-5-4-8-17-10-12/h2-3,6-7,11-12,17H,4-5,8-10H2,1H3,(H,18,19). The molecule has 4 nitrogen and oxygen atoms in total. The van der Waals surface area contributed by atoms with E-state index in [1.54, 1.807) is 6.07 Å². The van der Waals surface area contributed by atoms with E-state index in [0.717, 1.165) is 25.9 Å². The van der Waals surface area contributed by atoms with Gasteiger partial charge in [-0.3, -0.25) is 4.79 Å². The molecule has 0 bridgehead atoms. The van der Waals surface area contributed by atoms with Crippen LogP contribution in [0, 0.1) is 5.92 Å². The van der Waals surface area contributed by atoms with Crippen molar-refractivity contribution >= 4 is 17.5 Å². The van der Waals surface area contributed by atoms with Gasteiger partial charge in [-0.1, -0.05) is 23.7 Å². The molecule has 2 unspecified atom stereocenters. The van der Waals surface area contributed by atoms with Gasteiger partial charge in [-0.15, -0.1) is 0 Å². The zero-order chi connectivity index (χ0) is 14.4. The van der Waals surface area contributed by atoms with Crippen molar-refractivity contribution in [1.82, 2.24) is 10.6 Å². The number of hydrogen-bond donors (Lipinski definition) is 2. The van der Waals surface area contributed by atoms with E-state index in [0.29, 0.717) is 17.3 Å². The Morgan fingerprint density at radius 3 is 3.05 bits per heavy atom. The lowest BCUT2D eigenvalue weighted by molar-refractivity contribution is -0.125. The van der Waals surface area contributed by atoms with Crippen molar-refractivity contribution in [2.45, 2.75) is 25.9 Å². The molecule has 2 N–H and O–H groups in total. The zero-order valence-corrected chi connectivity index (χ0v) is 12.5. The lowest BCUT2D eigenvalue weighted by Gasteiger charge is -2.23. The monoisotopic (exact) mass is 296 g/mol. The molecule has 1 saturated heterocycles. The number of carbonyl (C=O) groups is 1. The highest BCUT2D eigenvalue weighted by Gasteiger charge is 2.21. The van der Waals surface area contributed by atoms with Gasteiger partial charge >= 0.3 is 0 Å². The Balaban J connectivity index is 1.76. The molecular formula is C15H21ClN2O2. The molecule has 0 radical (unpaired) electrons. The number of nitrogens with one attached hydrogen (secondary N) is 2. The van der Waals surface area contributed by atoms with Crippen molar-refractivity contribution in [1.29, 1.82) is 0 Å². The number of benzene rings is 1. The van der Waals surface area contributed by atoms with Gasteiger partial charge in [0.15, 0.2) is 0 Å². The first kappa shape index (κ1) is 15.1. The third-order valence-corrected chi connectivity index (χ3v) is 3.71. The predicted octanol–water partition coefficient (Wildman–Crippen LogP) is 2.22. The minimum atomic E-state index is -0.115. The van der Waals surface area contributed by atoms with Crippen LogP contribution in [-0.2, 0) is 4.79 Å². The Bertz CT molecular complexity index is 447. The number of ether oxygens (including phenoxy) is 1. The maximum absolute atomic E-state index is 12.0. The average molecular weight is 297 g/mol. The molecule has 2 rings (SSSR count). The molecule has 110 valence electrons. The van der Waals surface area contributed by atoms with Crippen LogP contribution >= 0.6 is 11.6 Å². The van der Waals surface area contributed by atoms with Gasteiger partial charge in [-0.25, -0.2) is 0 Å². The molecule has 20 heavy (non-hydrogen) atoms. The van der Waals surface area contributed by atoms with Crippen LogP contribution in [0.25, 0.3) is 0 Å². The normalized spacial score (nSPS) is 20.2. The summed E-state index contributed by atoms with van der Waals surface area (Å²) < 4.78 is 5.72. The molecule has 1 aromatic carbocycles. The van der Waals surface area contributed by atoms with Crippen molar-refractivity contribution in [3.05, 3.63) is 29.3 Å². The first-order valence-corrected chi connectivity index (χ1v) is 7.44. The summed E-state index contributed by atoms with van der Waals surface area (Å²) in [6.45, 7) is 4.19. The number of carbonyl (C=O) groups excluding carboxylic acids is 1. The fourth-order valence-electron chi connectivity index (χ4n) is 2.26. The SMILES string of the molecule is CC(CNC(=O)C1CCCNC1)Oc1ccccc1Cl. The van der Waals surface area contributed by atoms with Crippen LogP contribution in [0.15, 0.2) is 24.3 Å². The Morgan fingerprint density at radius 2 is 2.35 bits per heavy atom. The molecule has 1 fully saturated rings. The van der Waals surface area contributed by atoms with Gasteiger partial charge in [0.25, 0.3) is 0 Å². The molecule has 5 heteroatoms. The summed E-state index contributed by atoms with van der Waals surface area (Å²) in [5, 5.41) is 6.77. The van der Waals surface area contributed by atoms with Gasteiger partial charge in [0.1, 0.15) is 11.9 Å². The van der Waals surface area contributed by atoms with Crippen molar-refractivity contribution in [2.24, 2.45) is 5.92 Å². The number of rotatable bonds is 5. The molecule has 1 amide bonds. The fourth-order valence-corrected chi connectivity index (χ4v) is 2.44. The Hall–Kier alpha value is -1.26. The lowest BCUT2D eigenvalue weighted by Crippen LogP contribution is -2.43. The minimum absolute atomic E-state index is 0.0799. The van der Waals surface area contributed by atoms with Crippen LogP contribution in [0.1, 0.15) is 19.8 Å². The molecule has 1 aliphatic heterocycles. The second kappa shape index (κ2) is 7.50. The van der Waals surface area contributed by atoms with Crippen LogP contribution in [0.4, 0.5) is 0 Å². The number of amides is 1. The summed E-state index contributed by atoms with van der Waals surface area (Å²) in [6, 6.07) is 7.35. The highest BCUT2D eigenvalue weighted by Crippen LogP contribution is 2.24. The highest BCUT2D eigenvalue weighted by molar-refractivity contribution is 6.32. The zero-order valence-electron chi connectivity index (χ0n) is 11.7. The van der Waals surface area contributed by atoms with Gasteiger partial charge in [-0.2, -0.15) is 0 Å². The Morgan fingerprint density at radius 1 is 1.55 bits per heavy atom. The molecule has 1 aromatic rings. The molecule has 1 heterocycles. The minimum Gasteiger partial charge on any atom is -0.487 e. The van der Waals surface area contributed by atoms with Crippen LogP contribution in [0.3, 0.4) is 0 Å². The maximum Gasteiger partial charge on any atom is 0.224 e. The fraction of sp³-hybridized carbons (Fsp3) is 0.533. The predicted molar refractivity (Wildman–Crippen MR) is 80.1 cm³/mol. The van der Waals surface area contributed by atoms with E-state index in [2.05, 4.69) is 10.6 Å². The summed E-state index contributed by atoms with van der Waals surface area (Å²) in [7, 11) is 0. The van der Waals surface area contributed by atoms with Gasteiger partial charge in [0, 0.05) is 6.54 Å². The van der Waals surface area contributed by atoms with Crippen molar-refractivity contribution in [3.8, 4) is 5.75 Å². The van der Waals surface area contributed by atoms with Gasteiger partial charge < -0.3 is 15.4 Å². The number of hydrogen-bond acceptors (Lipinski definition) is 3. The third-order valence-electron chi connectivity index (χ3n) is 3.40. The first-order chi connectivity index (χ1) is 9.66. The Labute approximate surface area is 124 Å². The largest absolute Gasteiger partial charge is 0.487 e. The second-order valence-electron chi connectivity index (χ2n) is 5.15. The second-order valence-corrected chi connectivity index (χ2v) is 5.55. The van der Waals surface area contributed by atoms with Crippen LogP contribution in [-0.4, -0.2) is 31.6 Å². The molecule has 1 aliphatic rings. The molecule has 0 saturated carbocycles. The summed E-state index contributed by atoms with van der Waals surface area (Å²) in [5.74, 6) is 0.832. The highest BCUT2D eigenvalue weighted by atomic mass is 35.5. The molecule has 2 atom stereocenters. The quantitative estimate of drug-likeness (QED) is 0.876. The smallest absolute Gasteiger partial charge is 0.224 e. The number of para-hydroxylation sites is 1. The summed E-state index contributed by atoms with van der Waals surface area (Å²) in [6.07, 6.45) is 1.90. The van der Waals surface area contributed by atoms with E-state index in [-0.39, 0.29) is 17.9 Å². The van der Waals surface area contributed by atoms with E-state index >= 15 is 0 Å². The van der Waals surface area contributed by atoms with Crippen molar-refractivity contribution in [3.63, 3.8) is 0 Å². The van der Waals surface area contributed by atoms with E-state index < -0.39 is 0 Å². The van der Waals surface area contributed by atoms with E-state index in [9.17, 15) is 4.79 Å². The third kappa shape index (κ3) is 4.39. The van der Waals surface area contributed by atoms with Gasteiger partial charge in [0.05, 0.1) is 17.5 Å². The van der Waals surface area contributed by atoms with Crippen LogP contribution in [0.2, 0.25) is 5.02 Å². The van der Waals surface area contributed by atoms with Gasteiger partial charge in [0.2, 0.25) is 5.91 Å². The molecule has 0 aromatic heterocycles. The Kier molecular flexibility index (Phi) is 5.68. The lowest BCUT2D eigenvalue weighted by atomic mass is 9.99. The van der Waals surface area contributed by atoms with Crippen LogP contribution in [0.5, 0.6) is 5.75 Å². The molecule has 0 spiro atoms. The maximum atomic E-state index is 12.0. The number of piperidine rings is 1. The van der Waals surface area contributed by atoms with Crippen molar-refractivity contribution < 1.29 is 9.53 Å². The van der Waals surface area contributed by atoms with E-state index in [1.165, 1.54) is 0 Å². The van der Waals surface area contributed by atoms with E-state index in [1.807, 2.05) is 25.1 Å². The summed E-state index contributed by atoms with van der Waals surface area (Å²) >= 11 is 6.03. The van der Waals surface area contributed by atoms with Gasteiger partial charge in [-0.05, 0) is 38.4 Å². The van der Waals surface area contributed by atoms with E-state index in [4.69, 9.17) is 16.3 Å². The molecule has 0 aliphatic carbocycles. The topological polar surface area (TPSA) is 50.4 Å².